The molecule has 0 atom stereocenters. The Morgan fingerprint density at radius 2 is 2.08 bits per heavy atom. The van der Waals surface area contributed by atoms with Crippen molar-refractivity contribution in [1.29, 1.82) is 0 Å². The molecule has 1 amide bonds. The highest BCUT2D eigenvalue weighted by molar-refractivity contribution is 8.26. The van der Waals surface area contributed by atoms with E-state index in [0.29, 0.717) is 35.5 Å². The first kappa shape index (κ1) is 20.3. The number of hydrogen-bond acceptors (Lipinski definition) is 6. The monoisotopic (exact) mass is 395 g/mol. The van der Waals surface area contributed by atoms with Gasteiger partial charge in [0, 0.05) is 0 Å². The minimum absolute atomic E-state index is 0.241. The lowest BCUT2D eigenvalue weighted by Crippen LogP contribution is -2.33. The molecule has 1 saturated heterocycles. The summed E-state index contributed by atoms with van der Waals surface area (Å²) in [5.41, 5.74) is 0.751. The molecule has 2 rings (SSSR count). The van der Waals surface area contributed by atoms with Gasteiger partial charge in [0.2, 0.25) is 0 Å². The maximum absolute atomic E-state index is 12.3. The Kier molecular flexibility index (Phi) is 7.05. The normalized spacial score (nSPS) is 15.8. The van der Waals surface area contributed by atoms with Gasteiger partial charge in [-0.3, -0.25) is 14.5 Å². The summed E-state index contributed by atoms with van der Waals surface area (Å²) in [5.74, 6) is 0.132. The third-order valence-electron chi connectivity index (χ3n) is 3.30. The summed E-state index contributed by atoms with van der Waals surface area (Å²) in [5, 5.41) is 8.89. The van der Waals surface area contributed by atoms with Crippen molar-refractivity contribution < 1.29 is 24.2 Å². The van der Waals surface area contributed by atoms with E-state index in [1.54, 1.807) is 18.2 Å². The molecule has 0 spiro atoms. The fraction of sp³-hybridized carbons (Fsp3) is 0.389. The topological polar surface area (TPSA) is 76.1 Å². The summed E-state index contributed by atoms with van der Waals surface area (Å²) in [7, 11) is 0. The van der Waals surface area contributed by atoms with Crippen LogP contribution < -0.4 is 9.47 Å². The number of rotatable bonds is 8. The lowest BCUT2D eigenvalue weighted by molar-refractivity contribution is -0.140. The molecule has 0 bridgehead atoms. The van der Waals surface area contributed by atoms with Crippen molar-refractivity contribution in [3.63, 3.8) is 0 Å². The van der Waals surface area contributed by atoms with Gasteiger partial charge in [0.25, 0.3) is 5.91 Å². The number of carbonyl (C=O) groups excluding carboxylic acids is 1. The molecule has 1 N–H and O–H groups in total. The largest absolute Gasteiger partial charge is 0.490 e. The van der Waals surface area contributed by atoms with Crippen molar-refractivity contribution in [1.82, 2.24) is 4.90 Å². The molecule has 1 aromatic carbocycles. The standard InChI is InChI=1S/C18H21NO5S2/c1-4-23-14-7-12(5-6-13(14)24-10-11(2)3)8-15-17(22)19(9-16(20)21)18(25)26-15/h5-8,11H,4,9-10H2,1-3H3,(H,20,21)/b15-8-. The average molecular weight is 396 g/mol. The number of carbonyl (C=O) groups is 2. The summed E-state index contributed by atoms with van der Waals surface area (Å²) < 4.78 is 11.6. The maximum atomic E-state index is 12.3. The molecule has 140 valence electrons. The van der Waals surface area contributed by atoms with E-state index < -0.39 is 18.4 Å². The number of aliphatic carboxylic acids is 1. The van der Waals surface area contributed by atoms with E-state index in [9.17, 15) is 9.59 Å². The second-order valence-electron chi connectivity index (χ2n) is 6.01. The van der Waals surface area contributed by atoms with Gasteiger partial charge in [0.1, 0.15) is 10.9 Å². The third-order valence-corrected chi connectivity index (χ3v) is 4.68. The van der Waals surface area contributed by atoms with Gasteiger partial charge in [0.05, 0.1) is 18.1 Å². The molecule has 0 unspecified atom stereocenters. The maximum Gasteiger partial charge on any atom is 0.323 e. The van der Waals surface area contributed by atoms with Crippen molar-refractivity contribution >= 4 is 46.3 Å². The van der Waals surface area contributed by atoms with E-state index in [2.05, 4.69) is 13.8 Å². The van der Waals surface area contributed by atoms with Crippen LogP contribution in [0.4, 0.5) is 0 Å². The number of thioether (sulfide) groups is 1. The predicted molar refractivity (Wildman–Crippen MR) is 105 cm³/mol. The number of nitrogens with zero attached hydrogens (tertiary/aromatic N) is 1. The zero-order valence-corrected chi connectivity index (χ0v) is 16.5. The fourth-order valence-electron chi connectivity index (χ4n) is 2.18. The predicted octanol–water partition coefficient (Wildman–Crippen LogP) is 3.41. The number of amides is 1. The van der Waals surface area contributed by atoms with Gasteiger partial charge in [0.15, 0.2) is 11.5 Å². The summed E-state index contributed by atoms with van der Waals surface area (Å²) in [4.78, 5) is 24.7. The zero-order valence-electron chi connectivity index (χ0n) is 14.9. The summed E-state index contributed by atoms with van der Waals surface area (Å²) in [6.45, 7) is 6.64. The van der Waals surface area contributed by atoms with E-state index in [1.165, 1.54) is 0 Å². The second-order valence-corrected chi connectivity index (χ2v) is 7.68. The van der Waals surface area contributed by atoms with Crippen LogP contribution in [-0.2, 0) is 9.59 Å². The molecule has 0 aromatic heterocycles. The quantitative estimate of drug-likeness (QED) is 0.534. The third kappa shape index (κ3) is 5.22. The van der Waals surface area contributed by atoms with Crippen LogP contribution in [0.2, 0.25) is 0 Å². The van der Waals surface area contributed by atoms with E-state index in [-0.39, 0.29) is 4.32 Å². The molecule has 0 saturated carbocycles. The smallest absolute Gasteiger partial charge is 0.323 e. The van der Waals surface area contributed by atoms with E-state index in [1.807, 2.05) is 13.0 Å². The molecule has 0 radical (unpaired) electrons. The second kappa shape index (κ2) is 9.05. The van der Waals surface area contributed by atoms with Crippen LogP contribution in [0, 0.1) is 5.92 Å². The highest BCUT2D eigenvalue weighted by Crippen LogP contribution is 2.34. The molecular formula is C18H21NO5S2. The van der Waals surface area contributed by atoms with Crippen LogP contribution >= 0.6 is 24.0 Å². The van der Waals surface area contributed by atoms with Crippen LogP contribution in [0.15, 0.2) is 23.1 Å². The summed E-state index contributed by atoms with van der Waals surface area (Å²) >= 11 is 6.19. The van der Waals surface area contributed by atoms with Gasteiger partial charge < -0.3 is 14.6 Å². The highest BCUT2D eigenvalue weighted by atomic mass is 32.2. The number of thiocarbonyl (C=S) groups is 1. The van der Waals surface area contributed by atoms with E-state index >= 15 is 0 Å². The lowest BCUT2D eigenvalue weighted by atomic mass is 10.1. The average Bonchev–Trinajstić information content (AvgIpc) is 2.81. The molecular weight excluding hydrogens is 374 g/mol. The molecule has 1 aromatic rings. The van der Waals surface area contributed by atoms with Crippen molar-refractivity contribution in [3.05, 3.63) is 28.7 Å². The SMILES string of the molecule is CCOc1cc(/C=C2\SC(=S)N(CC(=O)O)C2=O)ccc1OCC(C)C. The minimum Gasteiger partial charge on any atom is -0.490 e. The summed E-state index contributed by atoms with van der Waals surface area (Å²) in [6, 6.07) is 5.42. The molecule has 26 heavy (non-hydrogen) atoms. The van der Waals surface area contributed by atoms with Crippen molar-refractivity contribution in [2.45, 2.75) is 20.8 Å². The minimum atomic E-state index is -1.10. The molecule has 8 heteroatoms. The number of carboxylic acids is 1. The van der Waals surface area contributed by atoms with Gasteiger partial charge in [-0.2, -0.15) is 0 Å². The number of ether oxygens (including phenoxy) is 2. The van der Waals surface area contributed by atoms with Gasteiger partial charge in [-0.15, -0.1) is 0 Å². The Morgan fingerprint density at radius 1 is 1.35 bits per heavy atom. The molecule has 0 aliphatic carbocycles. The zero-order chi connectivity index (χ0) is 19.3. The fourth-order valence-corrected chi connectivity index (χ4v) is 3.44. The van der Waals surface area contributed by atoms with Gasteiger partial charge >= 0.3 is 5.97 Å². The number of carboxylic acid groups (broad SMARTS) is 1. The number of benzene rings is 1. The van der Waals surface area contributed by atoms with Gasteiger partial charge in [-0.05, 0) is 36.6 Å². The Balaban J connectivity index is 2.24. The van der Waals surface area contributed by atoms with Crippen LogP contribution in [0.1, 0.15) is 26.3 Å². The first-order chi connectivity index (χ1) is 12.3. The number of hydrogen-bond donors (Lipinski definition) is 1. The van der Waals surface area contributed by atoms with Crippen molar-refractivity contribution in [3.8, 4) is 11.5 Å². The Bertz CT molecular complexity index is 745. The lowest BCUT2D eigenvalue weighted by Gasteiger charge is -2.14. The molecule has 1 heterocycles. The van der Waals surface area contributed by atoms with Crippen LogP contribution in [-0.4, -0.2) is 46.0 Å². The van der Waals surface area contributed by atoms with E-state index in [0.717, 1.165) is 22.2 Å². The van der Waals surface area contributed by atoms with E-state index in [4.69, 9.17) is 26.8 Å². The first-order valence-electron chi connectivity index (χ1n) is 8.18. The highest BCUT2D eigenvalue weighted by Gasteiger charge is 2.33. The first-order valence-corrected chi connectivity index (χ1v) is 9.41. The van der Waals surface area contributed by atoms with Crippen LogP contribution in [0.3, 0.4) is 0 Å². The van der Waals surface area contributed by atoms with Crippen molar-refractivity contribution in [2.75, 3.05) is 19.8 Å². The molecule has 1 aliphatic rings. The molecule has 6 nitrogen and oxygen atoms in total. The molecule has 1 aliphatic heterocycles. The Labute approximate surface area is 162 Å². The van der Waals surface area contributed by atoms with Crippen LogP contribution in [0.5, 0.6) is 11.5 Å². The van der Waals surface area contributed by atoms with Crippen LogP contribution in [0.25, 0.3) is 6.08 Å². The molecule has 1 fully saturated rings. The van der Waals surface area contributed by atoms with Gasteiger partial charge in [-0.25, -0.2) is 0 Å². The van der Waals surface area contributed by atoms with Gasteiger partial charge in [-0.1, -0.05) is 43.9 Å². The summed E-state index contributed by atoms with van der Waals surface area (Å²) in [6.07, 6.45) is 1.68. The Morgan fingerprint density at radius 3 is 2.69 bits per heavy atom. The Hall–Kier alpha value is -2.06. The van der Waals surface area contributed by atoms with Crippen molar-refractivity contribution in [2.24, 2.45) is 5.92 Å².